The van der Waals surface area contributed by atoms with E-state index in [9.17, 15) is 2.74 Å². The number of hydrogen-bond donors (Lipinski definition) is 0. The summed E-state index contributed by atoms with van der Waals surface area (Å²) in [6.45, 7) is 9.83. The van der Waals surface area contributed by atoms with Crippen LogP contribution in [0.15, 0.2) is 124 Å². The number of imidazole rings is 1. The number of rotatable bonds is 5. The van der Waals surface area contributed by atoms with Crippen molar-refractivity contribution in [2.45, 2.75) is 46.4 Å². The molecule has 0 aliphatic carbocycles. The Bertz CT molecular complexity index is 2840. The summed E-state index contributed by atoms with van der Waals surface area (Å²) in [5, 5.41) is 4.00. The highest BCUT2D eigenvalue weighted by Crippen LogP contribution is 2.45. The summed E-state index contributed by atoms with van der Waals surface area (Å²) in [7, 11) is 2.10. The maximum atomic E-state index is 9.69. The molecule has 0 saturated heterocycles. The fourth-order valence-electron chi connectivity index (χ4n) is 7.77. The van der Waals surface area contributed by atoms with Gasteiger partial charge in [-0.15, -0.1) is 0 Å². The van der Waals surface area contributed by atoms with Crippen molar-refractivity contribution in [3.05, 3.63) is 132 Å². The molecule has 6 aromatic carbocycles. The van der Waals surface area contributed by atoms with E-state index in [0.717, 1.165) is 94.2 Å². The SMILES string of the molecule is [2H]C(C)(C)c1cc2c(oc3ccccc32)c(C([2H])(C)C)c1-n1c(-c2c(C)ccc3c2oc2cc(-c4ccccc4)ccc23)[n+](C)c2ccccc21. The molecule has 9 rings (SSSR count). The Kier molecular flexibility index (Phi) is 6.12. The molecule has 240 valence electrons. The molecule has 0 radical (unpaired) electrons. The summed E-state index contributed by atoms with van der Waals surface area (Å²) in [6, 6.07) is 39.7. The standard InChI is InChI=1S/C45H39N2O2/c1-26(2)34-25-35-31-16-10-13-19-38(31)48-44(35)40(27(3)4)42(34)47-37-18-12-11-17-36(37)46(6)45(47)41-28(5)20-22-33-32-23-21-30(24-39(32)49-43(33)41)29-14-8-7-9-15-29/h7-27H,1-6H3/q+1/i26D,27D. The van der Waals surface area contributed by atoms with Crippen molar-refractivity contribution in [1.82, 2.24) is 4.57 Å². The Morgan fingerprint density at radius 1 is 0.633 bits per heavy atom. The Morgan fingerprint density at radius 2 is 1.33 bits per heavy atom. The molecule has 0 bridgehead atoms. The van der Waals surface area contributed by atoms with Gasteiger partial charge in [-0.1, -0.05) is 107 Å². The quantitative estimate of drug-likeness (QED) is 0.175. The van der Waals surface area contributed by atoms with Crippen LogP contribution in [-0.2, 0) is 7.05 Å². The number of furan rings is 2. The van der Waals surface area contributed by atoms with Crippen molar-refractivity contribution >= 4 is 54.9 Å². The van der Waals surface area contributed by atoms with Crippen LogP contribution in [0.1, 0.15) is 58.9 Å². The number of nitrogens with zero attached hydrogens (tertiary/aromatic N) is 2. The molecular formula is C45H39N2O2+. The van der Waals surface area contributed by atoms with Crippen molar-refractivity contribution in [3.8, 4) is 28.2 Å². The second kappa shape index (κ2) is 11.0. The predicted molar refractivity (Wildman–Crippen MR) is 203 cm³/mol. The van der Waals surface area contributed by atoms with Crippen molar-refractivity contribution < 1.29 is 16.1 Å². The highest BCUT2D eigenvalue weighted by Gasteiger charge is 2.35. The van der Waals surface area contributed by atoms with E-state index in [4.69, 9.17) is 8.83 Å². The lowest BCUT2D eigenvalue weighted by atomic mass is 9.89. The summed E-state index contributed by atoms with van der Waals surface area (Å²) in [6.07, 6.45) is 0. The predicted octanol–water partition coefficient (Wildman–Crippen LogP) is 12.1. The van der Waals surface area contributed by atoms with Crippen LogP contribution in [0.2, 0.25) is 0 Å². The van der Waals surface area contributed by atoms with Crippen molar-refractivity contribution in [2.75, 3.05) is 0 Å². The van der Waals surface area contributed by atoms with Gasteiger partial charge in [0.15, 0.2) is 16.6 Å². The molecule has 4 nitrogen and oxygen atoms in total. The van der Waals surface area contributed by atoms with E-state index in [-0.39, 0.29) is 0 Å². The summed E-state index contributed by atoms with van der Waals surface area (Å²) < 4.78 is 37.4. The normalized spacial score (nSPS) is 13.3. The van der Waals surface area contributed by atoms with E-state index >= 15 is 0 Å². The Labute approximate surface area is 288 Å². The molecule has 3 heterocycles. The zero-order valence-electron chi connectivity index (χ0n) is 30.7. The molecule has 0 unspecified atom stereocenters. The van der Waals surface area contributed by atoms with Gasteiger partial charge in [-0.05, 0) is 71.8 Å². The van der Waals surface area contributed by atoms with Crippen LogP contribution in [-0.4, -0.2) is 4.57 Å². The zero-order chi connectivity index (χ0) is 35.4. The van der Waals surface area contributed by atoms with Gasteiger partial charge in [0.05, 0.1) is 7.05 Å². The number of para-hydroxylation sites is 3. The molecule has 0 amide bonds. The van der Waals surface area contributed by atoms with Gasteiger partial charge in [0, 0.05) is 35.4 Å². The van der Waals surface area contributed by atoms with Crippen LogP contribution in [0.4, 0.5) is 0 Å². The third-order valence-corrected chi connectivity index (χ3v) is 10.1. The largest absolute Gasteiger partial charge is 0.456 e. The van der Waals surface area contributed by atoms with Gasteiger partial charge in [0.2, 0.25) is 0 Å². The fourth-order valence-corrected chi connectivity index (χ4v) is 7.77. The lowest BCUT2D eigenvalue weighted by Crippen LogP contribution is -2.30. The Hall–Kier alpha value is -5.61. The first-order chi connectivity index (χ1) is 24.4. The molecule has 0 fully saturated rings. The minimum atomic E-state index is -1.09. The number of fused-ring (bicyclic) bond motifs is 7. The van der Waals surface area contributed by atoms with E-state index in [1.54, 1.807) is 0 Å². The van der Waals surface area contributed by atoms with Gasteiger partial charge in [-0.3, -0.25) is 0 Å². The second-order valence-electron chi connectivity index (χ2n) is 13.6. The monoisotopic (exact) mass is 641 g/mol. The maximum absolute atomic E-state index is 9.69. The topological polar surface area (TPSA) is 35.1 Å². The van der Waals surface area contributed by atoms with E-state index < -0.39 is 11.8 Å². The zero-order valence-corrected chi connectivity index (χ0v) is 28.7. The van der Waals surface area contributed by atoms with Crippen molar-refractivity contribution in [3.63, 3.8) is 0 Å². The molecule has 0 aliphatic rings. The molecule has 0 saturated carbocycles. The number of aryl methyl sites for hydroxylation is 2. The summed E-state index contributed by atoms with van der Waals surface area (Å²) in [5.41, 5.74) is 11.7. The van der Waals surface area contributed by atoms with Crippen molar-refractivity contribution in [1.29, 1.82) is 0 Å². The van der Waals surface area contributed by atoms with Crippen LogP contribution < -0.4 is 4.57 Å². The van der Waals surface area contributed by atoms with E-state index in [2.05, 4.69) is 114 Å². The molecule has 3 aromatic heterocycles. The Morgan fingerprint density at radius 3 is 2.12 bits per heavy atom. The number of hydrogen-bond acceptors (Lipinski definition) is 2. The smallest absolute Gasteiger partial charge is 0.299 e. The molecule has 0 N–H and O–H groups in total. The van der Waals surface area contributed by atoms with Gasteiger partial charge < -0.3 is 8.83 Å². The van der Waals surface area contributed by atoms with E-state index in [1.165, 1.54) is 0 Å². The third-order valence-electron chi connectivity index (χ3n) is 10.1. The molecule has 4 heteroatoms. The van der Waals surface area contributed by atoms with Gasteiger partial charge in [0.1, 0.15) is 28.0 Å². The minimum Gasteiger partial charge on any atom is -0.456 e. The lowest BCUT2D eigenvalue weighted by Gasteiger charge is -2.19. The average molecular weight is 642 g/mol. The third kappa shape index (κ3) is 4.33. The number of aromatic nitrogens is 2. The van der Waals surface area contributed by atoms with Gasteiger partial charge >= 0.3 is 0 Å². The van der Waals surface area contributed by atoms with Crippen molar-refractivity contribution in [2.24, 2.45) is 7.05 Å². The first-order valence-electron chi connectivity index (χ1n) is 17.9. The van der Waals surface area contributed by atoms with Gasteiger partial charge in [-0.25, -0.2) is 4.57 Å². The van der Waals surface area contributed by atoms with Gasteiger partial charge in [0.25, 0.3) is 5.82 Å². The minimum absolute atomic E-state index is 0.678. The summed E-state index contributed by atoms with van der Waals surface area (Å²) in [4.78, 5) is 0. The van der Waals surface area contributed by atoms with Gasteiger partial charge in [-0.2, -0.15) is 4.57 Å². The average Bonchev–Trinajstić information content (AvgIpc) is 3.76. The molecule has 49 heavy (non-hydrogen) atoms. The maximum Gasteiger partial charge on any atom is 0.299 e. The molecule has 0 aliphatic heterocycles. The molecule has 9 aromatic rings. The van der Waals surface area contributed by atoms with Crippen LogP contribution in [0, 0.1) is 6.92 Å². The van der Waals surface area contributed by atoms with E-state index in [1.807, 2.05) is 52.0 Å². The fraction of sp³-hybridized carbons (Fsp3) is 0.178. The second-order valence-corrected chi connectivity index (χ2v) is 13.6. The molecular weight excluding hydrogens is 601 g/mol. The highest BCUT2D eigenvalue weighted by atomic mass is 16.3. The van der Waals surface area contributed by atoms with E-state index in [0.29, 0.717) is 5.58 Å². The molecule has 0 spiro atoms. The Balaban J connectivity index is 1.45. The first kappa shape index (κ1) is 27.4. The summed E-state index contributed by atoms with van der Waals surface area (Å²) in [5.74, 6) is -1.19. The highest BCUT2D eigenvalue weighted by molar-refractivity contribution is 6.11. The van der Waals surface area contributed by atoms with Crippen LogP contribution in [0.5, 0.6) is 0 Å². The van der Waals surface area contributed by atoms with Crippen LogP contribution >= 0.6 is 0 Å². The summed E-state index contributed by atoms with van der Waals surface area (Å²) >= 11 is 0. The first-order valence-corrected chi connectivity index (χ1v) is 16.9. The molecule has 0 atom stereocenters. The lowest BCUT2D eigenvalue weighted by molar-refractivity contribution is -0.633. The van der Waals surface area contributed by atoms with Crippen LogP contribution in [0.25, 0.3) is 83.1 Å². The van der Waals surface area contributed by atoms with Crippen LogP contribution in [0.3, 0.4) is 0 Å². The number of benzene rings is 6.